The molecular weight excluding hydrogens is 328 g/mol. The molecule has 1 aliphatic carbocycles. The number of carbonyl (C=O) groups excluding carboxylic acids is 2. The van der Waals surface area contributed by atoms with Crippen molar-refractivity contribution in [3.63, 3.8) is 0 Å². The average molecular weight is 354 g/mol. The molecule has 6 nitrogen and oxygen atoms in total. The van der Waals surface area contributed by atoms with Crippen LogP contribution in [0.4, 0.5) is 10.5 Å². The highest BCUT2D eigenvalue weighted by atomic mass is 16.2. The van der Waals surface area contributed by atoms with E-state index in [1.807, 2.05) is 24.3 Å². The Bertz CT molecular complexity index is 745. The van der Waals surface area contributed by atoms with E-state index in [1.165, 1.54) is 6.42 Å². The number of rotatable bonds is 3. The lowest BCUT2D eigenvalue weighted by molar-refractivity contribution is -0.121. The summed E-state index contributed by atoms with van der Waals surface area (Å²) >= 11 is 0. The third-order valence-corrected chi connectivity index (χ3v) is 5.71. The molecule has 4 rings (SSSR count). The van der Waals surface area contributed by atoms with Crippen molar-refractivity contribution in [3.05, 3.63) is 29.8 Å². The quantitative estimate of drug-likeness (QED) is 0.907. The number of carbonyl (C=O) groups is 2. The Kier molecular flexibility index (Phi) is 4.66. The molecule has 1 N–H and O–H groups in total. The van der Waals surface area contributed by atoms with Crippen LogP contribution >= 0.6 is 0 Å². The van der Waals surface area contributed by atoms with E-state index >= 15 is 0 Å². The molecular formula is C20H26N4O2. The summed E-state index contributed by atoms with van der Waals surface area (Å²) in [6, 6.07) is 7.81. The van der Waals surface area contributed by atoms with Crippen LogP contribution in [0, 0.1) is 5.92 Å². The lowest BCUT2D eigenvalue weighted by Crippen LogP contribution is -2.56. The molecule has 2 aliphatic heterocycles. The SMILES string of the molecule is C[C@@H]1CCCC[C@@H]1NC(=O)CN1C(=O)N2CCCN=C2c2ccccc21. The molecule has 2 heterocycles. The number of amidine groups is 1. The van der Waals surface area contributed by atoms with Crippen molar-refractivity contribution in [1.29, 1.82) is 0 Å². The van der Waals surface area contributed by atoms with E-state index in [1.54, 1.807) is 9.80 Å². The number of benzene rings is 1. The molecule has 26 heavy (non-hydrogen) atoms. The van der Waals surface area contributed by atoms with Crippen LogP contribution in [0.15, 0.2) is 29.3 Å². The van der Waals surface area contributed by atoms with E-state index in [4.69, 9.17) is 0 Å². The van der Waals surface area contributed by atoms with Gasteiger partial charge in [0.25, 0.3) is 0 Å². The first-order valence-electron chi connectivity index (χ1n) is 9.67. The molecule has 0 spiro atoms. The summed E-state index contributed by atoms with van der Waals surface area (Å²) in [5, 5.41) is 3.16. The number of urea groups is 1. The number of amides is 3. The number of hydrogen-bond donors (Lipinski definition) is 1. The van der Waals surface area contributed by atoms with Gasteiger partial charge < -0.3 is 5.32 Å². The van der Waals surface area contributed by atoms with E-state index in [9.17, 15) is 9.59 Å². The van der Waals surface area contributed by atoms with Gasteiger partial charge in [0.1, 0.15) is 12.4 Å². The number of nitrogens with zero attached hydrogens (tertiary/aromatic N) is 3. The average Bonchev–Trinajstić information content (AvgIpc) is 2.67. The van der Waals surface area contributed by atoms with Gasteiger partial charge in [-0.1, -0.05) is 31.9 Å². The van der Waals surface area contributed by atoms with Gasteiger partial charge in [-0.3, -0.25) is 19.6 Å². The van der Waals surface area contributed by atoms with Crippen LogP contribution in [0.5, 0.6) is 0 Å². The molecule has 0 bridgehead atoms. The van der Waals surface area contributed by atoms with E-state index in [0.717, 1.165) is 49.3 Å². The maximum Gasteiger partial charge on any atom is 0.330 e. The third-order valence-electron chi connectivity index (χ3n) is 5.71. The fourth-order valence-electron chi connectivity index (χ4n) is 4.25. The minimum Gasteiger partial charge on any atom is -0.352 e. The zero-order valence-corrected chi connectivity index (χ0v) is 15.3. The maximum absolute atomic E-state index is 13.0. The fraction of sp³-hybridized carbons (Fsp3) is 0.550. The number of anilines is 1. The normalized spacial score (nSPS) is 25.3. The number of aliphatic imine (C=N–C) groups is 1. The van der Waals surface area contributed by atoms with E-state index in [2.05, 4.69) is 17.2 Å². The number of para-hydroxylation sites is 1. The Labute approximate surface area is 154 Å². The first-order valence-corrected chi connectivity index (χ1v) is 9.67. The van der Waals surface area contributed by atoms with E-state index in [0.29, 0.717) is 12.5 Å². The van der Waals surface area contributed by atoms with Crippen molar-refractivity contribution in [2.45, 2.75) is 45.1 Å². The van der Waals surface area contributed by atoms with Crippen LogP contribution in [0.1, 0.15) is 44.6 Å². The molecule has 0 unspecified atom stereocenters. The second-order valence-electron chi connectivity index (χ2n) is 7.53. The Morgan fingerprint density at radius 1 is 1.23 bits per heavy atom. The number of nitrogens with one attached hydrogen (secondary N) is 1. The lowest BCUT2D eigenvalue weighted by Gasteiger charge is -2.39. The van der Waals surface area contributed by atoms with Crippen LogP contribution < -0.4 is 10.2 Å². The van der Waals surface area contributed by atoms with Gasteiger partial charge >= 0.3 is 6.03 Å². The highest BCUT2D eigenvalue weighted by Crippen LogP contribution is 2.30. The van der Waals surface area contributed by atoms with Gasteiger partial charge in [-0.2, -0.15) is 0 Å². The molecule has 138 valence electrons. The molecule has 1 saturated carbocycles. The predicted molar refractivity (Wildman–Crippen MR) is 101 cm³/mol. The predicted octanol–water partition coefficient (Wildman–Crippen LogP) is 2.77. The standard InChI is InChI=1S/C20H26N4O2/c1-14-7-2-4-9-16(14)22-18(25)13-24-17-10-5-3-8-15(17)19-21-11-6-12-23(19)20(24)26/h3,5,8,10,14,16H,2,4,6-7,9,11-13H2,1H3,(H,22,25)/t14-,16+/m1/s1. The smallest absolute Gasteiger partial charge is 0.330 e. The molecule has 3 aliphatic rings. The zero-order valence-electron chi connectivity index (χ0n) is 15.3. The molecule has 0 saturated heterocycles. The van der Waals surface area contributed by atoms with Crippen LogP contribution in [0.2, 0.25) is 0 Å². The highest BCUT2D eigenvalue weighted by Gasteiger charge is 2.37. The molecule has 0 radical (unpaired) electrons. The van der Waals surface area contributed by atoms with Crippen molar-refractivity contribution in [3.8, 4) is 0 Å². The summed E-state index contributed by atoms with van der Waals surface area (Å²) in [7, 11) is 0. The fourth-order valence-corrected chi connectivity index (χ4v) is 4.25. The summed E-state index contributed by atoms with van der Waals surface area (Å²) in [6.07, 6.45) is 5.44. The van der Waals surface area contributed by atoms with Gasteiger partial charge in [0, 0.05) is 24.7 Å². The minimum absolute atomic E-state index is 0.0584. The molecule has 6 heteroatoms. The van der Waals surface area contributed by atoms with Crippen molar-refractivity contribution in [2.75, 3.05) is 24.5 Å². The van der Waals surface area contributed by atoms with Gasteiger partial charge in [-0.05, 0) is 37.3 Å². The topological polar surface area (TPSA) is 65.0 Å². The van der Waals surface area contributed by atoms with Crippen LogP contribution in [0.3, 0.4) is 0 Å². The molecule has 2 atom stereocenters. The van der Waals surface area contributed by atoms with Gasteiger partial charge in [0.05, 0.1) is 5.69 Å². The largest absolute Gasteiger partial charge is 0.352 e. The Hall–Kier alpha value is -2.37. The van der Waals surface area contributed by atoms with Gasteiger partial charge in [-0.15, -0.1) is 0 Å². The monoisotopic (exact) mass is 354 g/mol. The van der Waals surface area contributed by atoms with Crippen LogP contribution in [0.25, 0.3) is 0 Å². The second kappa shape index (κ2) is 7.09. The maximum atomic E-state index is 13.0. The molecule has 1 aromatic carbocycles. The zero-order chi connectivity index (χ0) is 18.1. The van der Waals surface area contributed by atoms with E-state index < -0.39 is 0 Å². The van der Waals surface area contributed by atoms with Gasteiger partial charge in [0.15, 0.2) is 0 Å². The van der Waals surface area contributed by atoms with Crippen molar-refractivity contribution >= 4 is 23.5 Å². The molecule has 0 aromatic heterocycles. The van der Waals surface area contributed by atoms with Crippen molar-refractivity contribution in [1.82, 2.24) is 10.2 Å². The molecule has 3 amide bonds. The Morgan fingerprint density at radius 3 is 2.88 bits per heavy atom. The summed E-state index contributed by atoms with van der Waals surface area (Å²) in [5.74, 6) is 1.16. The summed E-state index contributed by atoms with van der Waals surface area (Å²) < 4.78 is 0. The summed E-state index contributed by atoms with van der Waals surface area (Å²) in [4.78, 5) is 33.6. The molecule has 1 aromatic rings. The first-order chi connectivity index (χ1) is 12.6. The lowest BCUT2D eigenvalue weighted by atomic mass is 9.86. The number of fused-ring (bicyclic) bond motifs is 3. The summed E-state index contributed by atoms with van der Waals surface area (Å²) in [6.45, 7) is 3.65. The second-order valence-corrected chi connectivity index (χ2v) is 7.53. The van der Waals surface area contributed by atoms with Crippen molar-refractivity contribution in [2.24, 2.45) is 10.9 Å². The highest BCUT2D eigenvalue weighted by molar-refractivity contribution is 6.20. The first kappa shape index (κ1) is 17.1. The summed E-state index contributed by atoms with van der Waals surface area (Å²) in [5.41, 5.74) is 1.71. The molecule has 1 fully saturated rings. The van der Waals surface area contributed by atoms with Gasteiger partial charge in [-0.25, -0.2) is 4.79 Å². The third kappa shape index (κ3) is 3.08. The van der Waals surface area contributed by atoms with Crippen LogP contribution in [-0.2, 0) is 4.79 Å². The Balaban J connectivity index is 1.55. The van der Waals surface area contributed by atoms with Crippen molar-refractivity contribution < 1.29 is 9.59 Å². The van der Waals surface area contributed by atoms with Crippen LogP contribution in [-0.4, -0.2) is 48.3 Å². The Morgan fingerprint density at radius 2 is 2.04 bits per heavy atom. The minimum atomic E-state index is -0.144. The number of hydrogen-bond acceptors (Lipinski definition) is 3. The van der Waals surface area contributed by atoms with Gasteiger partial charge in [0.2, 0.25) is 5.91 Å². The van der Waals surface area contributed by atoms with E-state index in [-0.39, 0.29) is 24.5 Å².